The minimum Gasteiger partial charge on any atom is -0.321 e. The van der Waals surface area contributed by atoms with Crippen molar-refractivity contribution in [2.75, 3.05) is 0 Å². The van der Waals surface area contributed by atoms with E-state index in [0.717, 1.165) is 51.4 Å². The summed E-state index contributed by atoms with van der Waals surface area (Å²) in [5, 5.41) is 0. The Kier molecular flexibility index (Phi) is 8.13. The monoisotopic (exact) mass is 562 g/mol. The molecule has 6 aliphatic rings. The highest BCUT2D eigenvalue weighted by Gasteiger charge is 2.32. The average Bonchev–Trinajstić information content (AvgIpc) is 3.05. The van der Waals surface area contributed by atoms with Gasteiger partial charge in [0, 0.05) is 5.41 Å². The van der Waals surface area contributed by atoms with Crippen LogP contribution in [0.2, 0.25) is 0 Å². The molecular weight excluding hydrogens is 516 g/mol. The van der Waals surface area contributed by atoms with Crippen LogP contribution in [0.25, 0.3) is 11.6 Å². The maximum atomic E-state index is 2.60. The molecule has 1 aromatic rings. The minimum absolute atomic E-state index is 0.0401. The third-order valence-electron chi connectivity index (χ3n) is 10.5. The van der Waals surface area contributed by atoms with Gasteiger partial charge in [0.05, 0.1) is 0 Å². The second-order valence-electron chi connectivity index (χ2n) is 13.6. The van der Waals surface area contributed by atoms with Gasteiger partial charge in [0.2, 0.25) is 0 Å². The first-order valence-corrected chi connectivity index (χ1v) is 16.8. The Morgan fingerprint density at radius 1 is 0.744 bits per heavy atom. The molecule has 7 rings (SSSR count). The van der Waals surface area contributed by atoms with Gasteiger partial charge in [0.15, 0.2) is 0 Å². The first-order chi connectivity index (χ1) is 21.1. The van der Waals surface area contributed by atoms with Crippen LogP contribution in [-0.2, 0) is 6.42 Å². The Labute approximate surface area is 260 Å². The fraction of sp³-hybridized carbons (Fsp3) is 0.349. The number of fused-ring (bicyclic) bond motifs is 2. The summed E-state index contributed by atoms with van der Waals surface area (Å²) in [4.78, 5) is 0. The maximum Gasteiger partial charge on any atom is 0.0139 e. The van der Waals surface area contributed by atoms with E-state index in [4.69, 9.17) is 0 Å². The van der Waals surface area contributed by atoms with Gasteiger partial charge in [0.25, 0.3) is 0 Å². The van der Waals surface area contributed by atoms with Crippen molar-refractivity contribution in [3.8, 4) is 0 Å². The minimum atomic E-state index is -0.0401. The fourth-order valence-electron chi connectivity index (χ4n) is 7.86. The van der Waals surface area contributed by atoms with Crippen LogP contribution < -0.4 is 0 Å². The lowest BCUT2D eigenvalue weighted by Gasteiger charge is -2.44. The molecule has 0 saturated heterocycles. The summed E-state index contributed by atoms with van der Waals surface area (Å²) in [5.41, 5.74) is 15.1. The van der Waals surface area contributed by atoms with Crippen molar-refractivity contribution in [2.45, 2.75) is 78.1 Å². The Morgan fingerprint density at radius 3 is 2.51 bits per heavy atom. The lowest BCUT2D eigenvalue weighted by molar-refractivity contribution is 0.509. The van der Waals surface area contributed by atoms with E-state index in [1.807, 2.05) is 0 Å². The Morgan fingerprint density at radius 2 is 1.60 bits per heavy atom. The molecule has 0 spiro atoms. The quantitative estimate of drug-likeness (QED) is 0.253. The van der Waals surface area contributed by atoms with Crippen LogP contribution in [0.3, 0.4) is 0 Å². The van der Waals surface area contributed by atoms with Gasteiger partial charge in [-0.2, -0.15) is 19.3 Å². The third-order valence-corrected chi connectivity index (χ3v) is 10.5. The van der Waals surface area contributed by atoms with Crippen LogP contribution in [0.5, 0.6) is 0 Å². The molecule has 2 unspecified atom stereocenters. The van der Waals surface area contributed by atoms with E-state index < -0.39 is 0 Å². The van der Waals surface area contributed by atoms with E-state index in [0.29, 0.717) is 11.8 Å². The molecule has 0 amide bonds. The van der Waals surface area contributed by atoms with E-state index in [2.05, 4.69) is 124 Å². The van der Waals surface area contributed by atoms with Gasteiger partial charge in [-0.1, -0.05) is 98.4 Å². The van der Waals surface area contributed by atoms with Crippen LogP contribution in [0.1, 0.15) is 88.3 Å². The molecule has 0 bridgehead atoms. The zero-order valence-corrected chi connectivity index (χ0v) is 26.1. The molecule has 0 aromatic heterocycles. The number of hydrogen-bond donors (Lipinski definition) is 0. The van der Waals surface area contributed by atoms with E-state index in [1.54, 1.807) is 22.3 Å². The molecule has 2 atom stereocenters. The van der Waals surface area contributed by atoms with Crippen LogP contribution in [0.4, 0.5) is 0 Å². The van der Waals surface area contributed by atoms with E-state index in [9.17, 15) is 0 Å². The third kappa shape index (κ3) is 5.91. The predicted octanol–water partition coefficient (Wildman–Crippen LogP) is 11.6. The summed E-state index contributed by atoms with van der Waals surface area (Å²) in [5.74, 6) is 0.943. The van der Waals surface area contributed by atoms with Crippen molar-refractivity contribution < 1.29 is 0 Å². The first kappa shape index (κ1) is 28.4. The summed E-state index contributed by atoms with van der Waals surface area (Å²) < 4.78 is 0. The van der Waals surface area contributed by atoms with Crippen LogP contribution in [0, 0.1) is 30.1 Å². The molecule has 0 nitrogen and oxygen atoms in total. The molecular formula is C43H46-2. The van der Waals surface area contributed by atoms with Crippen molar-refractivity contribution in [2.24, 2.45) is 17.3 Å². The fourth-order valence-corrected chi connectivity index (χ4v) is 7.86. The summed E-state index contributed by atoms with van der Waals surface area (Å²) in [6.45, 7) is 4.86. The normalized spacial score (nSPS) is 27.4. The standard InChI is InChI=1S/C43H46/c1-43(2,39-17-8-6-4-3-5-7-9-18-39)40-29-37-16-12-13-19-41(37)42(30-40)38-25-24-35-27-34(22-23-36(35)28-38)33-21-20-31-14-10-11-15-32(31)26-33/h3-4,7-8,10,12,14,16-21,26-30,37,41H,5-6,9,11,13,15,22-25H2,1-2H3/q-2/b4-3-,17-8?,39-18+. The van der Waals surface area contributed by atoms with Gasteiger partial charge < -0.3 is 12.8 Å². The molecule has 0 aliphatic heterocycles. The van der Waals surface area contributed by atoms with Crippen LogP contribution in [0.15, 0.2) is 125 Å². The zero-order valence-electron chi connectivity index (χ0n) is 26.1. The molecule has 0 N–H and O–H groups in total. The van der Waals surface area contributed by atoms with Gasteiger partial charge >= 0.3 is 0 Å². The molecule has 1 aromatic carbocycles. The highest BCUT2D eigenvalue weighted by atomic mass is 14.4. The molecule has 0 radical (unpaired) electrons. The second kappa shape index (κ2) is 12.3. The van der Waals surface area contributed by atoms with Crippen molar-refractivity contribution >= 4 is 11.6 Å². The summed E-state index contributed by atoms with van der Waals surface area (Å²) in [6.07, 6.45) is 47.6. The SMILES string of the molecule is CC(C)(C1=CC2C=CC[CH-]C2C(C2=CC3=C(C=C(c4ccc5c(c4)CCC=C5)CC3)CC2)=C1)/C1=C/C[CH-]C/C=C\CC=C1. The number of allylic oxidation sites excluding steroid dienone is 19. The van der Waals surface area contributed by atoms with Gasteiger partial charge in [-0.15, -0.1) is 24.1 Å². The number of rotatable bonds is 4. The van der Waals surface area contributed by atoms with Gasteiger partial charge in [0.1, 0.15) is 0 Å². The maximum absolute atomic E-state index is 2.60. The largest absolute Gasteiger partial charge is 0.321 e. The highest BCUT2D eigenvalue weighted by Crippen LogP contribution is 2.49. The zero-order chi connectivity index (χ0) is 29.2. The molecule has 0 heteroatoms. The molecule has 43 heavy (non-hydrogen) atoms. The highest BCUT2D eigenvalue weighted by molar-refractivity contribution is 5.74. The predicted molar refractivity (Wildman–Crippen MR) is 185 cm³/mol. The lowest BCUT2D eigenvalue weighted by atomic mass is 9.65. The Bertz CT molecular complexity index is 1580. The van der Waals surface area contributed by atoms with E-state index in [1.165, 1.54) is 46.3 Å². The van der Waals surface area contributed by atoms with Gasteiger partial charge in [-0.25, -0.2) is 0 Å². The average molecular weight is 563 g/mol. The second-order valence-corrected chi connectivity index (χ2v) is 13.6. The van der Waals surface area contributed by atoms with E-state index in [-0.39, 0.29) is 5.41 Å². The summed E-state index contributed by atoms with van der Waals surface area (Å²) in [6, 6.07) is 7.15. The molecule has 220 valence electrons. The summed E-state index contributed by atoms with van der Waals surface area (Å²) in [7, 11) is 0. The Hall–Kier alpha value is -3.38. The van der Waals surface area contributed by atoms with Crippen LogP contribution in [-0.4, -0.2) is 0 Å². The van der Waals surface area contributed by atoms with Crippen molar-refractivity contribution in [1.82, 2.24) is 0 Å². The van der Waals surface area contributed by atoms with Gasteiger partial charge in [-0.05, 0) is 101 Å². The molecule has 0 heterocycles. The lowest BCUT2D eigenvalue weighted by Crippen LogP contribution is -2.27. The smallest absolute Gasteiger partial charge is 0.0139 e. The topological polar surface area (TPSA) is 0 Å². The molecule has 6 aliphatic carbocycles. The molecule has 0 saturated carbocycles. The number of hydrogen-bond acceptors (Lipinski definition) is 0. The van der Waals surface area contributed by atoms with Crippen molar-refractivity contribution in [1.29, 1.82) is 0 Å². The van der Waals surface area contributed by atoms with Gasteiger partial charge in [-0.3, -0.25) is 0 Å². The van der Waals surface area contributed by atoms with Crippen LogP contribution >= 0.6 is 0 Å². The van der Waals surface area contributed by atoms with Crippen molar-refractivity contribution in [3.63, 3.8) is 0 Å². The number of aryl methyl sites for hydroxylation is 1. The number of benzene rings is 1. The summed E-state index contributed by atoms with van der Waals surface area (Å²) >= 11 is 0. The Balaban J connectivity index is 1.20. The first-order valence-electron chi connectivity index (χ1n) is 16.8. The molecule has 0 fully saturated rings. The van der Waals surface area contributed by atoms with Crippen molar-refractivity contribution in [3.05, 3.63) is 154 Å². The van der Waals surface area contributed by atoms with E-state index >= 15 is 0 Å².